The second kappa shape index (κ2) is 9.47. The predicted molar refractivity (Wildman–Crippen MR) is 101 cm³/mol. The van der Waals surface area contributed by atoms with Gasteiger partial charge in [0.25, 0.3) is 5.91 Å². The molecule has 0 aliphatic rings. The molecule has 2 aromatic rings. The number of methoxy groups -OCH3 is 3. The highest BCUT2D eigenvalue weighted by Crippen LogP contribution is 2.28. The molecule has 0 heterocycles. The predicted octanol–water partition coefficient (Wildman–Crippen LogP) is 2.75. The lowest BCUT2D eigenvalue weighted by atomic mass is 10.1. The Morgan fingerprint density at radius 1 is 0.889 bits per heavy atom. The summed E-state index contributed by atoms with van der Waals surface area (Å²) in [5.41, 5.74) is 2.19. The van der Waals surface area contributed by atoms with Crippen LogP contribution >= 0.6 is 0 Å². The Morgan fingerprint density at radius 3 is 2.22 bits per heavy atom. The Kier molecular flexibility index (Phi) is 7.05. The molecule has 7 heteroatoms. The van der Waals surface area contributed by atoms with Crippen molar-refractivity contribution in [3.63, 3.8) is 0 Å². The summed E-state index contributed by atoms with van der Waals surface area (Å²) in [6.07, 6.45) is 0.0153. The molecular formula is C20H23NO6. The first kappa shape index (κ1) is 20.1. The van der Waals surface area contributed by atoms with Gasteiger partial charge in [-0.15, -0.1) is 0 Å². The van der Waals surface area contributed by atoms with Gasteiger partial charge in [0.05, 0.1) is 33.4 Å². The number of benzene rings is 2. The van der Waals surface area contributed by atoms with Crippen LogP contribution in [-0.4, -0.2) is 39.8 Å². The van der Waals surface area contributed by atoms with E-state index in [1.807, 2.05) is 13.0 Å². The lowest BCUT2D eigenvalue weighted by Gasteiger charge is -2.12. The lowest BCUT2D eigenvalue weighted by Crippen LogP contribution is -2.22. The van der Waals surface area contributed by atoms with Crippen LogP contribution in [0.25, 0.3) is 0 Å². The van der Waals surface area contributed by atoms with Crippen LogP contribution in [0.4, 0.5) is 5.69 Å². The van der Waals surface area contributed by atoms with Crippen LogP contribution in [-0.2, 0) is 20.7 Å². The number of nitrogens with one attached hydrogen (secondary N) is 1. The fourth-order valence-corrected chi connectivity index (χ4v) is 2.46. The zero-order chi connectivity index (χ0) is 19.8. The van der Waals surface area contributed by atoms with E-state index in [4.69, 9.17) is 18.9 Å². The fraction of sp³-hybridized carbons (Fsp3) is 0.300. The van der Waals surface area contributed by atoms with Gasteiger partial charge in [-0.3, -0.25) is 9.59 Å². The van der Waals surface area contributed by atoms with Crippen molar-refractivity contribution in [1.82, 2.24) is 0 Å². The summed E-state index contributed by atoms with van der Waals surface area (Å²) in [7, 11) is 4.57. The van der Waals surface area contributed by atoms with Gasteiger partial charge >= 0.3 is 5.97 Å². The van der Waals surface area contributed by atoms with Crippen LogP contribution in [0.15, 0.2) is 36.4 Å². The Hall–Kier alpha value is -3.22. The molecule has 0 atom stereocenters. The average Bonchev–Trinajstić information content (AvgIpc) is 2.66. The van der Waals surface area contributed by atoms with Crippen molar-refractivity contribution in [2.24, 2.45) is 0 Å². The fourth-order valence-electron chi connectivity index (χ4n) is 2.46. The van der Waals surface area contributed by atoms with E-state index >= 15 is 0 Å². The highest BCUT2D eigenvalue weighted by molar-refractivity contribution is 5.94. The van der Waals surface area contributed by atoms with E-state index < -0.39 is 11.9 Å². The Morgan fingerprint density at radius 2 is 1.56 bits per heavy atom. The van der Waals surface area contributed by atoms with Gasteiger partial charge in [-0.2, -0.15) is 0 Å². The van der Waals surface area contributed by atoms with Crippen molar-refractivity contribution in [2.45, 2.75) is 13.3 Å². The number of carbonyl (C=O) groups is 2. The van der Waals surface area contributed by atoms with E-state index in [2.05, 4.69) is 5.32 Å². The molecule has 0 spiro atoms. The van der Waals surface area contributed by atoms with Gasteiger partial charge in [0.1, 0.15) is 5.75 Å². The third-order valence-corrected chi connectivity index (χ3v) is 3.79. The van der Waals surface area contributed by atoms with E-state index in [9.17, 15) is 9.59 Å². The Labute approximate surface area is 158 Å². The number of aryl methyl sites for hydroxylation is 1. The van der Waals surface area contributed by atoms with Crippen molar-refractivity contribution >= 4 is 17.6 Å². The number of ether oxygens (including phenoxy) is 4. The summed E-state index contributed by atoms with van der Waals surface area (Å²) in [6, 6.07) is 10.5. The molecular weight excluding hydrogens is 350 g/mol. The van der Waals surface area contributed by atoms with Crippen LogP contribution < -0.4 is 19.5 Å². The summed E-state index contributed by atoms with van der Waals surface area (Å²) in [5, 5.41) is 2.68. The molecule has 0 saturated carbocycles. The van der Waals surface area contributed by atoms with Gasteiger partial charge in [-0.25, -0.2) is 0 Å². The number of carbonyl (C=O) groups excluding carboxylic acids is 2. The van der Waals surface area contributed by atoms with Gasteiger partial charge in [0.15, 0.2) is 18.1 Å². The number of rotatable bonds is 8. The SMILES string of the molecule is COc1ccc(C)cc1NC(=O)COC(=O)Cc1ccc(OC)c(OC)c1. The first-order valence-corrected chi connectivity index (χ1v) is 8.27. The molecule has 7 nitrogen and oxygen atoms in total. The van der Waals surface area contributed by atoms with Crippen LogP contribution in [0, 0.1) is 6.92 Å². The Balaban J connectivity index is 1.90. The summed E-state index contributed by atoms with van der Waals surface area (Å²) < 4.78 is 20.6. The summed E-state index contributed by atoms with van der Waals surface area (Å²) in [5.74, 6) is 0.659. The van der Waals surface area contributed by atoms with Crippen molar-refractivity contribution in [1.29, 1.82) is 0 Å². The van der Waals surface area contributed by atoms with E-state index in [1.54, 1.807) is 30.3 Å². The van der Waals surface area contributed by atoms with Gasteiger partial charge in [0.2, 0.25) is 0 Å². The molecule has 1 amide bonds. The van der Waals surface area contributed by atoms with E-state index in [0.717, 1.165) is 5.56 Å². The number of hydrogen-bond acceptors (Lipinski definition) is 6. The van der Waals surface area contributed by atoms with Crippen molar-refractivity contribution in [3.8, 4) is 17.2 Å². The molecule has 0 saturated heterocycles. The third kappa shape index (κ3) is 5.64. The maximum atomic E-state index is 12.1. The summed E-state index contributed by atoms with van der Waals surface area (Å²) in [6.45, 7) is 1.52. The topological polar surface area (TPSA) is 83.1 Å². The first-order valence-electron chi connectivity index (χ1n) is 8.27. The van der Waals surface area contributed by atoms with Crippen LogP contribution in [0.2, 0.25) is 0 Å². The second-order valence-corrected chi connectivity index (χ2v) is 5.78. The van der Waals surface area contributed by atoms with Crippen molar-refractivity contribution in [2.75, 3.05) is 33.3 Å². The van der Waals surface area contributed by atoms with Crippen LogP contribution in [0.3, 0.4) is 0 Å². The summed E-state index contributed by atoms with van der Waals surface area (Å²) in [4.78, 5) is 24.1. The minimum Gasteiger partial charge on any atom is -0.495 e. The normalized spacial score (nSPS) is 10.1. The molecule has 0 bridgehead atoms. The minimum absolute atomic E-state index is 0.0153. The van der Waals surface area contributed by atoms with Gasteiger partial charge in [-0.1, -0.05) is 12.1 Å². The molecule has 0 aromatic heterocycles. The second-order valence-electron chi connectivity index (χ2n) is 5.78. The monoisotopic (exact) mass is 373 g/mol. The molecule has 27 heavy (non-hydrogen) atoms. The quantitative estimate of drug-likeness (QED) is 0.717. The molecule has 1 N–H and O–H groups in total. The maximum Gasteiger partial charge on any atom is 0.310 e. The molecule has 0 aliphatic heterocycles. The number of hydrogen-bond donors (Lipinski definition) is 1. The molecule has 2 aromatic carbocycles. The van der Waals surface area contributed by atoms with Gasteiger partial charge < -0.3 is 24.3 Å². The van der Waals surface area contributed by atoms with Crippen molar-refractivity contribution < 1.29 is 28.5 Å². The van der Waals surface area contributed by atoms with Crippen LogP contribution in [0.5, 0.6) is 17.2 Å². The Bertz CT molecular complexity index is 818. The van der Waals surface area contributed by atoms with Gasteiger partial charge in [0, 0.05) is 0 Å². The first-order chi connectivity index (χ1) is 13.0. The average molecular weight is 373 g/mol. The highest BCUT2D eigenvalue weighted by atomic mass is 16.5. The third-order valence-electron chi connectivity index (χ3n) is 3.79. The van der Waals surface area contributed by atoms with Gasteiger partial charge in [-0.05, 0) is 42.3 Å². The molecule has 0 radical (unpaired) electrons. The van der Waals surface area contributed by atoms with Crippen molar-refractivity contribution in [3.05, 3.63) is 47.5 Å². The molecule has 0 unspecified atom stereocenters. The standard InChI is InChI=1S/C20H23NO6/c1-13-5-7-16(24-2)15(9-13)21-19(22)12-27-20(23)11-14-6-8-17(25-3)18(10-14)26-4/h5-10H,11-12H2,1-4H3,(H,21,22). The van der Waals surface area contributed by atoms with E-state index in [1.165, 1.54) is 21.3 Å². The summed E-state index contributed by atoms with van der Waals surface area (Å²) >= 11 is 0. The molecule has 0 fully saturated rings. The zero-order valence-corrected chi connectivity index (χ0v) is 15.8. The largest absolute Gasteiger partial charge is 0.495 e. The number of amides is 1. The minimum atomic E-state index is -0.520. The zero-order valence-electron chi connectivity index (χ0n) is 15.8. The lowest BCUT2D eigenvalue weighted by molar-refractivity contribution is -0.146. The highest BCUT2D eigenvalue weighted by Gasteiger charge is 2.13. The van der Waals surface area contributed by atoms with E-state index in [0.29, 0.717) is 28.5 Å². The number of anilines is 1. The molecule has 0 aliphatic carbocycles. The number of esters is 1. The molecule has 2 rings (SSSR count). The molecule has 144 valence electrons. The van der Waals surface area contributed by atoms with E-state index in [-0.39, 0.29) is 13.0 Å². The smallest absolute Gasteiger partial charge is 0.310 e. The maximum absolute atomic E-state index is 12.1. The van der Waals surface area contributed by atoms with Crippen LogP contribution in [0.1, 0.15) is 11.1 Å².